The largest absolute Gasteiger partial charge is 0.497 e. The smallest absolute Gasteiger partial charge is 0.252 e. The van der Waals surface area contributed by atoms with Gasteiger partial charge in [-0.25, -0.2) is 0 Å². The highest BCUT2D eigenvalue weighted by atomic mass is 16.5. The Morgan fingerprint density at radius 1 is 1.23 bits per heavy atom. The van der Waals surface area contributed by atoms with E-state index in [4.69, 9.17) is 9.47 Å². The van der Waals surface area contributed by atoms with E-state index in [2.05, 4.69) is 22.8 Å². The molecule has 0 bridgehead atoms. The summed E-state index contributed by atoms with van der Waals surface area (Å²) in [5.41, 5.74) is 0.601. The molecule has 1 aromatic rings. The molecule has 0 atom stereocenters. The summed E-state index contributed by atoms with van der Waals surface area (Å²) in [4.78, 5) is 12.4. The van der Waals surface area contributed by atoms with Crippen molar-refractivity contribution in [2.24, 2.45) is 0 Å². The summed E-state index contributed by atoms with van der Waals surface area (Å²) in [7, 11) is 3.29. The predicted molar refractivity (Wildman–Crippen MR) is 86.2 cm³/mol. The second-order valence-electron chi connectivity index (χ2n) is 5.66. The summed E-state index contributed by atoms with van der Waals surface area (Å²) in [6, 6.07) is 8.04. The summed E-state index contributed by atoms with van der Waals surface area (Å²) in [5.74, 6) is 0.885. The van der Waals surface area contributed by atoms with Crippen LogP contribution in [0.1, 0.15) is 24.8 Å². The van der Waals surface area contributed by atoms with Gasteiger partial charge in [0.05, 0.1) is 7.11 Å². The molecule has 1 aromatic carbocycles. The fourth-order valence-electron chi connectivity index (χ4n) is 2.80. The minimum absolute atomic E-state index is 0.0197. The molecule has 22 heavy (non-hydrogen) atoms. The van der Waals surface area contributed by atoms with E-state index < -0.39 is 5.60 Å². The minimum Gasteiger partial charge on any atom is -0.497 e. The number of hydrogen-bond donors (Lipinski definition) is 2. The molecule has 0 radical (unpaired) electrons. The van der Waals surface area contributed by atoms with Crippen molar-refractivity contribution in [2.75, 3.05) is 33.9 Å². The first-order valence-corrected chi connectivity index (χ1v) is 7.87. The monoisotopic (exact) mass is 306 g/mol. The Balaban J connectivity index is 1.74. The van der Waals surface area contributed by atoms with Crippen molar-refractivity contribution in [1.29, 1.82) is 0 Å². The molecule has 1 saturated heterocycles. The number of methoxy groups -OCH3 is 2. The van der Waals surface area contributed by atoms with Crippen LogP contribution in [-0.2, 0) is 16.0 Å². The van der Waals surface area contributed by atoms with Crippen LogP contribution in [0.2, 0.25) is 0 Å². The van der Waals surface area contributed by atoms with E-state index in [0.29, 0.717) is 6.54 Å². The van der Waals surface area contributed by atoms with E-state index in [1.165, 1.54) is 5.56 Å². The average Bonchev–Trinajstić information content (AvgIpc) is 2.59. The third-order valence-electron chi connectivity index (χ3n) is 4.30. The summed E-state index contributed by atoms with van der Waals surface area (Å²) < 4.78 is 10.7. The quantitative estimate of drug-likeness (QED) is 0.750. The predicted octanol–water partition coefficient (Wildman–Crippen LogP) is 1.51. The standard InChI is InChI=1S/C17H26N2O3/c1-21-15-7-5-14(6-8-15)4-3-11-19-16(20)17(22-2)9-12-18-13-10-17/h5-8,18H,3-4,9-13H2,1-2H3,(H,19,20). The molecule has 2 rings (SSSR count). The maximum absolute atomic E-state index is 12.4. The van der Waals surface area contributed by atoms with Gasteiger partial charge in [-0.1, -0.05) is 12.1 Å². The molecule has 0 aromatic heterocycles. The van der Waals surface area contributed by atoms with Gasteiger partial charge >= 0.3 is 0 Å². The lowest BCUT2D eigenvalue weighted by Gasteiger charge is -2.34. The van der Waals surface area contributed by atoms with Crippen LogP contribution in [0.15, 0.2) is 24.3 Å². The van der Waals surface area contributed by atoms with E-state index in [1.54, 1.807) is 14.2 Å². The molecule has 1 aliphatic rings. The lowest BCUT2D eigenvalue weighted by atomic mass is 9.91. The van der Waals surface area contributed by atoms with Gasteiger partial charge in [0.25, 0.3) is 5.91 Å². The average molecular weight is 306 g/mol. The van der Waals surface area contributed by atoms with Crippen molar-refractivity contribution in [3.63, 3.8) is 0 Å². The number of ether oxygens (including phenoxy) is 2. The van der Waals surface area contributed by atoms with Gasteiger partial charge in [-0.3, -0.25) is 4.79 Å². The molecular formula is C17H26N2O3. The summed E-state index contributed by atoms with van der Waals surface area (Å²) in [6.45, 7) is 2.32. The van der Waals surface area contributed by atoms with E-state index in [-0.39, 0.29) is 5.91 Å². The molecule has 0 spiro atoms. The van der Waals surface area contributed by atoms with Crippen LogP contribution in [0.25, 0.3) is 0 Å². The minimum atomic E-state index is -0.647. The SMILES string of the molecule is COc1ccc(CCCNC(=O)C2(OC)CCNCC2)cc1. The third-order valence-corrected chi connectivity index (χ3v) is 4.30. The summed E-state index contributed by atoms with van der Waals surface area (Å²) >= 11 is 0. The van der Waals surface area contributed by atoms with Crippen LogP contribution in [0.4, 0.5) is 0 Å². The van der Waals surface area contributed by atoms with Crippen molar-refractivity contribution in [2.45, 2.75) is 31.3 Å². The molecule has 122 valence electrons. The Morgan fingerprint density at radius 3 is 2.50 bits per heavy atom. The Bertz CT molecular complexity index is 467. The van der Waals surface area contributed by atoms with Gasteiger partial charge in [-0.2, -0.15) is 0 Å². The van der Waals surface area contributed by atoms with Crippen molar-refractivity contribution in [3.05, 3.63) is 29.8 Å². The molecule has 0 unspecified atom stereocenters. The maximum Gasteiger partial charge on any atom is 0.252 e. The molecule has 1 aliphatic heterocycles. The molecule has 5 heteroatoms. The highest BCUT2D eigenvalue weighted by Crippen LogP contribution is 2.22. The third kappa shape index (κ3) is 4.21. The Labute approximate surface area is 132 Å². The highest BCUT2D eigenvalue weighted by Gasteiger charge is 2.39. The van der Waals surface area contributed by atoms with E-state index in [1.807, 2.05) is 12.1 Å². The fraction of sp³-hybridized carbons (Fsp3) is 0.588. The normalized spacial score (nSPS) is 17.0. The zero-order chi connectivity index (χ0) is 15.8. The van der Waals surface area contributed by atoms with E-state index in [9.17, 15) is 4.79 Å². The van der Waals surface area contributed by atoms with E-state index in [0.717, 1.165) is 44.5 Å². The molecule has 0 saturated carbocycles. The van der Waals surface area contributed by atoms with Gasteiger partial charge < -0.3 is 20.1 Å². The molecule has 1 heterocycles. The molecular weight excluding hydrogens is 280 g/mol. The molecule has 0 aliphatic carbocycles. The van der Waals surface area contributed by atoms with Gasteiger partial charge in [-0.15, -0.1) is 0 Å². The summed E-state index contributed by atoms with van der Waals surface area (Å²) in [6.07, 6.45) is 3.31. The van der Waals surface area contributed by atoms with Crippen LogP contribution in [0.5, 0.6) is 5.75 Å². The van der Waals surface area contributed by atoms with Crippen LogP contribution in [-0.4, -0.2) is 45.4 Å². The Morgan fingerprint density at radius 2 is 1.91 bits per heavy atom. The van der Waals surface area contributed by atoms with Crippen LogP contribution in [0.3, 0.4) is 0 Å². The summed E-state index contributed by atoms with van der Waals surface area (Å²) in [5, 5.41) is 6.28. The van der Waals surface area contributed by atoms with Gasteiger partial charge in [0.1, 0.15) is 11.4 Å². The number of hydrogen-bond acceptors (Lipinski definition) is 4. The zero-order valence-electron chi connectivity index (χ0n) is 13.5. The van der Waals surface area contributed by atoms with Crippen LogP contribution >= 0.6 is 0 Å². The second-order valence-corrected chi connectivity index (χ2v) is 5.66. The molecule has 1 amide bonds. The zero-order valence-corrected chi connectivity index (χ0v) is 13.5. The van der Waals surface area contributed by atoms with Gasteiger partial charge in [0.15, 0.2) is 0 Å². The first-order chi connectivity index (χ1) is 10.7. The number of aryl methyl sites for hydroxylation is 1. The number of amides is 1. The Kier molecular flexibility index (Phi) is 6.21. The fourth-order valence-corrected chi connectivity index (χ4v) is 2.80. The van der Waals surface area contributed by atoms with Crippen molar-refractivity contribution in [1.82, 2.24) is 10.6 Å². The van der Waals surface area contributed by atoms with Crippen LogP contribution in [0, 0.1) is 0 Å². The van der Waals surface area contributed by atoms with E-state index >= 15 is 0 Å². The first-order valence-electron chi connectivity index (χ1n) is 7.87. The molecule has 5 nitrogen and oxygen atoms in total. The van der Waals surface area contributed by atoms with Crippen molar-refractivity contribution < 1.29 is 14.3 Å². The number of carbonyl (C=O) groups excluding carboxylic acids is 1. The number of piperidine rings is 1. The number of carbonyl (C=O) groups is 1. The Hall–Kier alpha value is -1.59. The van der Waals surface area contributed by atoms with Gasteiger partial charge in [0, 0.05) is 13.7 Å². The van der Waals surface area contributed by atoms with Crippen molar-refractivity contribution >= 4 is 5.91 Å². The number of benzene rings is 1. The topological polar surface area (TPSA) is 59.6 Å². The first kappa shape index (κ1) is 16.8. The number of rotatable bonds is 7. The lowest BCUT2D eigenvalue weighted by molar-refractivity contribution is -0.146. The van der Waals surface area contributed by atoms with Gasteiger partial charge in [0.2, 0.25) is 0 Å². The molecule has 2 N–H and O–H groups in total. The van der Waals surface area contributed by atoms with Crippen LogP contribution < -0.4 is 15.4 Å². The highest BCUT2D eigenvalue weighted by molar-refractivity contribution is 5.85. The number of nitrogens with one attached hydrogen (secondary N) is 2. The van der Waals surface area contributed by atoms with Crippen molar-refractivity contribution in [3.8, 4) is 5.75 Å². The second kappa shape index (κ2) is 8.15. The molecule has 1 fully saturated rings. The van der Waals surface area contributed by atoms with Gasteiger partial charge in [-0.05, 0) is 56.5 Å². The maximum atomic E-state index is 12.4. The lowest BCUT2D eigenvalue weighted by Crippen LogP contribution is -2.54.